The van der Waals surface area contributed by atoms with Crippen molar-refractivity contribution in [2.24, 2.45) is 0 Å². The van der Waals surface area contributed by atoms with Gasteiger partial charge in [0.15, 0.2) is 6.61 Å². The lowest BCUT2D eigenvalue weighted by Gasteiger charge is -2.56. The maximum absolute atomic E-state index is 12.6. The van der Waals surface area contributed by atoms with Gasteiger partial charge in [0, 0.05) is 17.7 Å². The van der Waals surface area contributed by atoms with E-state index >= 15 is 0 Å². The molecule has 1 heterocycles. The molecule has 3 N–H and O–H groups in total. The molecule has 2 aromatic rings. The van der Waals surface area contributed by atoms with Crippen molar-refractivity contribution in [2.45, 2.75) is 62.6 Å². The zero-order valence-electron chi connectivity index (χ0n) is 17.6. The monoisotopic (exact) mass is 481 g/mol. The zero-order valence-corrected chi connectivity index (χ0v) is 19.1. The maximum atomic E-state index is 12.6. The highest BCUT2D eigenvalue weighted by molar-refractivity contribution is 6.42. The van der Waals surface area contributed by atoms with Crippen LogP contribution in [0.5, 0.6) is 5.75 Å². The first kappa shape index (κ1) is 22.9. The molecule has 1 atom stereocenters. The molecule has 1 aromatic carbocycles. The standard InChI is InChI=1S/C22H25Cl2N3O5/c1-2-13-9-17(32-27-13)20(30)26-21-5-7-22(8-6-21,18(28)11-21)25-19(29)12-31-14-3-4-15(23)16(24)10-14/h3-4,9-10,18,28H,2,5-8,11-12H2,1H3,(H,25,29)(H,26,30). The number of carbonyl (C=O) groups excluding carboxylic acids is 2. The Bertz CT molecular complexity index is 1020. The maximum Gasteiger partial charge on any atom is 0.290 e. The molecule has 32 heavy (non-hydrogen) atoms. The van der Waals surface area contributed by atoms with Crippen molar-refractivity contribution in [1.29, 1.82) is 0 Å². The van der Waals surface area contributed by atoms with Crippen molar-refractivity contribution in [1.82, 2.24) is 15.8 Å². The van der Waals surface area contributed by atoms with Crippen LogP contribution in [0.2, 0.25) is 10.0 Å². The van der Waals surface area contributed by atoms with Crippen molar-refractivity contribution in [2.75, 3.05) is 6.61 Å². The van der Waals surface area contributed by atoms with E-state index in [9.17, 15) is 14.7 Å². The van der Waals surface area contributed by atoms with E-state index in [0.29, 0.717) is 60.0 Å². The molecule has 10 heteroatoms. The molecule has 3 saturated carbocycles. The summed E-state index contributed by atoms with van der Waals surface area (Å²) in [6.45, 7) is 1.72. The molecule has 1 unspecified atom stereocenters. The Morgan fingerprint density at radius 1 is 1.19 bits per heavy atom. The molecule has 2 bridgehead atoms. The lowest BCUT2D eigenvalue weighted by Crippen LogP contribution is -2.70. The average molecular weight is 482 g/mol. The molecule has 8 nitrogen and oxygen atoms in total. The van der Waals surface area contributed by atoms with Gasteiger partial charge in [0.05, 0.1) is 27.4 Å². The molecular weight excluding hydrogens is 457 g/mol. The number of halogens is 2. The fraction of sp³-hybridized carbons (Fsp3) is 0.500. The zero-order chi connectivity index (χ0) is 22.9. The molecular formula is C22H25Cl2N3O5. The number of hydrogen-bond donors (Lipinski definition) is 3. The number of benzene rings is 1. The average Bonchev–Trinajstić information content (AvgIpc) is 3.25. The van der Waals surface area contributed by atoms with E-state index in [-0.39, 0.29) is 24.2 Å². The number of hydrogen-bond acceptors (Lipinski definition) is 6. The van der Waals surface area contributed by atoms with Gasteiger partial charge in [-0.05, 0) is 50.7 Å². The van der Waals surface area contributed by atoms with Gasteiger partial charge >= 0.3 is 0 Å². The quantitative estimate of drug-likeness (QED) is 0.558. The molecule has 3 fully saturated rings. The van der Waals surface area contributed by atoms with E-state index in [2.05, 4.69) is 15.8 Å². The summed E-state index contributed by atoms with van der Waals surface area (Å²) in [6.07, 6.45) is 2.60. The normalized spacial score (nSPS) is 26.6. The number of nitrogens with one attached hydrogen (secondary N) is 2. The number of aliphatic hydroxyl groups excluding tert-OH is 1. The molecule has 0 spiro atoms. The van der Waals surface area contributed by atoms with E-state index in [1.165, 1.54) is 0 Å². The lowest BCUT2D eigenvalue weighted by atomic mass is 9.60. The van der Waals surface area contributed by atoms with E-state index in [0.717, 1.165) is 0 Å². The molecule has 3 aliphatic carbocycles. The van der Waals surface area contributed by atoms with Crippen LogP contribution < -0.4 is 15.4 Å². The third-order valence-corrected chi connectivity index (χ3v) is 7.23. The minimum absolute atomic E-state index is 0.167. The summed E-state index contributed by atoms with van der Waals surface area (Å²) in [4.78, 5) is 25.2. The predicted molar refractivity (Wildman–Crippen MR) is 118 cm³/mol. The topological polar surface area (TPSA) is 114 Å². The molecule has 0 aliphatic heterocycles. The van der Waals surface area contributed by atoms with E-state index < -0.39 is 17.2 Å². The summed E-state index contributed by atoms with van der Waals surface area (Å²) in [5.74, 6) is -0.0682. The van der Waals surface area contributed by atoms with Crippen LogP contribution in [0, 0.1) is 0 Å². The number of nitrogens with zero attached hydrogens (tertiary/aromatic N) is 1. The minimum Gasteiger partial charge on any atom is -0.484 e. The Hall–Kier alpha value is -2.29. The minimum atomic E-state index is -0.792. The van der Waals surface area contributed by atoms with Gasteiger partial charge < -0.3 is 25.0 Å². The van der Waals surface area contributed by atoms with E-state index in [1.807, 2.05) is 6.92 Å². The molecule has 172 valence electrons. The van der Waals surface area contributed by atoms with Gasteiger partial charge in [-0.25, -0.2) is 0 Å². The van der Waals surface area contributed by atoms with Crippen molar-refractivity contribution >= 4 is 35.0 Å². The van der Waals surface area contributed by atoms with Gasteiger partial charge in [-0.15, -0.1) is 0 Å². The van der Waals surface area contributed by atoms with Crippen LogP contribution >= 0.6 is 23.2 Å². The van der Waals surface area contributed by atoms with Gasteiger partial charge in [0.2, 0.25) is 5.76 Å². The summed E-state index contributed by atoms with van der Waals surface area (Å²) < 4.78 is 10.6. The van der Waals surface area contributed by atoms with Crippen LogP contribution in [-0.2, 0) is 11.2 Å². The number of fused-ring (bicyclic) bond motifs is 3. The highest BCUT2D eigenvalue weighted by atomic mass is 35.5. The Kier molecular flexibility index (Phi) is 6.38. The van der Waals surface area contributed by atoms with E-state index in [4.69, 9.17) is 32.5 Å². The molecule has 5 rings (SSSR count). The number of aliphatic hydroxyl groups is 1. The SMILES string of the molecule is CCc1cc(C(=O)NC23CCC(NC(=O)COc4ccc(Cl)c(Cl)c4)(CC2)C(O)C3)on1. The fourth-order valence-electron chi connectivity index (χ4n) is 4.58. The van der Waals surface area contributed by atoms with Gasteiger partial charge in [0.1, 0.15) is 5.75 Å². The van der Waals surface area contributed by atoms with Crippen LogP contribution in [-0.4, -0.2) is 45.9 Å². The third-order valence-electron chi connectivity index (χ3n) is 6.49. The van der Waals surface area contributed by atoms with Crippen molar-refractivity contribution < 1.29 is 24.0 Å². The Balaban J connectivity index is 1.34. The molecule has 0 saturated heterocycles. The second-order valence-corrected chi connectivity index (χ2v) is 9.37. The smallest absolute Gasteiger partial charge is 0.290 e. The van der Waals surface area contributed by atoms with Crippen LogP contribution in [0.4, 0.5) is 0 Å². The van der Waals surface area contributed by atoms with E-state index in [1.54, 1.807) is 24.3 Å². The molecule has 0 radical (unpaired) electrons. The molecule has 1 aromatic heterocycles. The van der Waals surface area contributed by atoms with Gasteiger partial charge in [-0.3, -0.25) is 9.59 Å². The summed E-state index contributed by atoms with van der Waals surface area (Å²) in [5.41, 5.74) is -0.546. The lowest BCUT2D eigenvalue weighted by molar-refractivity contribution is -0.132. The summed E-state index contributed by atoms with van der Waals surface area (Å²) in [7, 11) is 0. The first-order valence-corrected chi connectivity index (χ1v) is 11.3. The Labute approximate surface area is 195 Å². The molecule has 3 aliphatic rings. The van der Waals surface area contributed by atoms with Crippen LogP contribution in [0.15, 0.2) is 28.8 Å². The summed E-state index contributed by atoms with van der Waals surface area (Å²) in [5, 5.41) is 21.5. The highest BCUT2D eigenvalue weighted by Crippen LogP contribution is 2.47. The third kappa shape index (κ3) is 4.58. The number of ether oxygens (including phenoxy) is 1. The molecule has 2 amide bonds. The highest BCUT2D eigenvalue weighted by Gasteiger charge is 2.55. The summed E-state index contributed by atoms with van der Waals surface area (Å²) in [6, 6.07) is 6.40. The number of rotatable bonds is 7. The first-order chi connectivity index (χ1) is 15.2. The second kappa shape index (κ2) is 8.92. The van der Waals surface area contributed by atoms with Crippen LogP contribution in [0.3, 0.4) is 0 Å². The van der Waals surface area contributed by atoms with Crippen molar-refractivity contribution in [3.05, 3.63) is 45.8 Å². The van der Waals surface area contributed by atoms with Crippen molar-refractivity contribution in [3.63, 3.8) is 0 Å². The van der Waals surface area contributed by atoms with Gasteiger partial charge in [-0.2, -0.15) is 0 Å². The van der Waals surface area contributed by atoms with Crippen LogP contribution in [0.25, 0.3) is 0 Å². The van der Waals surface area contributed by atoms with Crippen LogP contribution in [0.1, 0.15) is 55.3 Å². The number of aryl methyl sites for hydroxylation is 1. The number of amides is 2. The fourth-order valence-corrected chi connectivity index (χ4v) is 4.87. The van der Waals surface area contributed by atoms with Gasteiger partial charge in [0.25, 0.3) is 11.8 Å². The number of aromatic nitrogens is 1. The number of carbonyl (C=O) groups is 2. The Morgan fingerprint density at radius 2 is 1.94 bits per heavy atom. The second-order valence-electron chi connectivity index (χ2n) is 8.56. The van der Waals surface area contributed by atoms with Gasteiger partial charge in [-0.1, -0.05) is 35.3 Å². The largest absolute Gasteiger partial charge is 0.484 e. The predicted octanol–water partition coefficient (Wildman–Crippen LogP) is 3.29. The summed E-state index contributed by atoms with van der Waals surface area (Å²) >= 11 is 11.9. The Morgan fingerprint density at radius 3 is 2.56 bits per heavy atom. The van der Waals surface area contributed by atoms with Crippen molar-refractivity contribution in [3.8, 4) is 5.75 Å². The first-order valence-electron chi connectivity index (χ1n) is 10.6.